The summed E-state index contributed by atoms with van der Waals surface area (Å²) in [5.74, 6) is 1.86. The fourth-order valence-electron chi connectivity index (χ4n) is 4.65. The molecule has 0 saturated carbocycles. The zero-order valence-electron chi connectivity index (χ0n) is 16.0. The Morgan fingerprint density at radius 3 is 2.93 bits per heavy atom. The first kappa shape index (κ1) is 18.5. The first-order valence-corrected chi connectivity index (χ1v) is 10.8. The molecule has 2 aliphatic heterocycles. The molecular weight excluding hydrogens is 356 g/mol. The number of hydrogen-bond donors (Lipinski definition) is 0. The zero-order chi connectivity index (χ0) is 18.6. The molecule has 1 aromatic carbocycles. The average Bonchev–Trinajstić information content (AvgIpc) is 3.20. The number of nitrogens with zero attached hydrogens (tertiary/aromatic N) is 2. The summed E-state index contributed by atoms with van der Waals surface area (Å²) in [6.45, 7) is 4.03. The fourth-order valence-corrected chi connectivity index (χ4v) is 5.31. The Morgan fingerprint density at radius 1 is 1.22 bits per heavy atom. The van der Waals surface area contributed by atoms with Crippen molar-refractivity contribution in [3.05, 3.63) is 52.2 Å². The van der Waals surface area contributed by atoms with Gasteiger partial charge < -0.3 is 9.64 Å². The summed E-state index contributed by atoms with van der Waals surface area (Å²) >= 11 is 1.77. The van der Waals surface area contributed by atoms with E-state index in [9.17, 15) is 4.79 Å². The molecule has 0 N–H and O–H groups in total. The van der Waals surface area contributed by atoms with Crippen molar-refractivity contribution in [3.63, 3.8) is 0 Å². The van der Waals surface area contributed by atoms with E-state index in [4.69, 9.17) is 4.74 Å². The molecule has 3 heterocycles. The van der Waals surface area contributed by atoms with Crippen LogP contribution < -0.4 is 4.74 Å². The molecule has 4 rings (SSSR count). The van der Waals surface area contributed by atoms with Crippen LogP contribution in [0.15, 0.2) is 41.1 Å². The third kappa shape index (κ3) is 4.19. The van der Waals surface area contributed by atoms with Gasteiger partial charge in [-0.2, -0.15) is 11.3 Å². The van der Waals surface area contributed by atoms with Crippen LogP contribution in [0.4, 0.5) is 0 Å². The normalized spacial score (nSPS) is 23.3. The molecule has 0 bridgehead atoms. The molecule has 0 unspecified atom stereocenters. The molecule has 2 atom stereocenters. The molecule has 2 aromatic rings. The van der Waals surface area contributed by atoms with E-state index in [1.165, 1.54) is 11.1 Å². The van der Waals surface area contributed by atoms with Gasteiger partial charge in [-0.3, -0.25) is 9.69 Å². The second kappa shape index (κ2) is 8.44. The maximum Gasteiger partial charge on any atom is 0.222 e. The summed E-state index contributed by atoms with van der Waals surface area (Å²) in [6.07, 6.45) is 3.68. The average molecular weight is 385 g/mol. The summed E-state index contributed by atoms with van der Waals surface area (Å²) in [5.41, 5.74) is 2.60. The first-order valence-electron chi connectivity index (χ1n) is 9.89. The number of piperidine rings is 2. The highest BCUT2D eigenvalue weighted by molar-refractivity contribution is 7.07. The van der Waals surface area contributed by atoms with Crippen LogP contribution in [0.5, 0.6) is 5.75 Å². The number of fused-ring (bicyclic) bond motifs is 1. The second-order valence-electron chi connectivity index (χ2n) is 7.67. The predicted octanol–water partition coefficient (Wildman–Crippen LogP) is 3.81. The van der Waals surface area contributed by atoms with Crippen LogP contribution in [-0.4, -0.2) is 48.5 Å². The summed E-state index contributed by atoms with van der Waals surface area (Å²) in [6, 6.07) is 10.8. The van der Waals surface area contributed by atoms with Crippen LogP contribution in [0.25, 0.3) is 0 Å². The molecule has 4 nitrogen and oxygen atoms in total. The van der Waals surface area contributed by atoms with Crippen LogP contribution in [0, 0.1) is 5.92 Å². The lowest BCUT2D eigenvalue weighted by atomic mass is 9.83. The highest BCUT2D eigenvalue weighted by atomic mass is 32.1. The third-order valence-electron chi connectivity index (χ3n) is 6.03. The van der Waals surface area contributed by atoms with E-state index >= 15 is 0 Å². The number of benzene rings is 1. The van der Waals surface area contributed by atoms with Crippen molar-refractivity contribution in [2.75, 3.05) is 26.7 Å². The van der Waals surface area contributed by atoms with Crippen molar-refractivity contribution in [2.24, 2.45) is 5.92 Å². The minimum atomic E-state index is 0.331. The van der Waals surface area contributed by atoms with E-state index < -0.39 is 0 Å². The number of likely N-dealkylation sites (tertiary alicyclic amines) is 2. The first-order chi connectivity index (χ1) is 13.2. The van der Waals surface area contributed by atoms with E-state index in [2.05, 4.69) is 32.7 Å². The summed E-state index contributed by atoms with van der Waals surface area (Å²) in [7, 11) is 1.71. The highest BCUT2D eigenvalue weighted by Gasteiger charge is 2.38. The minimum absolute atomic E-state index is 0.331. The Kier molecular flexibility index (Phi) is 5.79. The van der Waals surface area contributed by atoms with Crippen molar-refractivity contribution < 1.29 is 9.53 Å². The SMILES string of the molecule is COc1ccccc1CCN1C(=O)CC[C@H]2CN(Cc3ccsc3)CC[C@H]21. The van der Waals surface area contributed by atoms with E-state index in [0.717, 1.165) is 51.2 Å². The molecule has 27 heavy (non-hydrogen) atoms. The van der Waals surface area contributed by atoms with Gasteiger partial charge >= 0.3 is 0 Å². The van der Waals surface area contributed by atoms with E-state index in [1.807, 2.05) is 18.2 Å². The van der Waals surface area contributed by atoms with Gasteiger partial charge in [-0.1, -0.05) is 18.2 Å². The monoisotopic (exact) mass is 384 g/mol. The molecule has 0 radical (unpaired) electrons. The number of carbonyl (C=O) groups excluding carboxylic acids is 1. The second-order valence-corrected chi connectivity index (χ2v) is 8.45. The van der Waals surface area contributed by atoms with Crippen LogP contribution in [0.3, 0.4) is 0 Å². The van der Waals surface area contributed by atoms with Gasteiger partial charge in [0, 0.05) is 38.6 Å². The molecule has 1 amide bonds. The van der Waals surface area contributed by atoms with Gasteiger partial charge in [0.05, 0.1) is 7.11 Å². The number of methoxy groups -OCH3 is 1. The molecule has 144 valence electrons. The van der Waals surface area contributed by atoms with Gasteiger partial charge in [0.25, 0.3) is 0 Å². The van der Waals surface area contributed by atoms with E-state index in [1.54, 1.807) is 18.4 Å². The number of carbonyl (C=O) groups is 1. The van der Waals surface area contributed by atoms with Gasteiger partial charge in [-0.15, -0.1) is 0 Å². The molecule has 2 saturated heterocycles. The van der Waals surface area contributed by atoms with Crippen molar-refractivity contribution in [3.8, 4) is 5.75 Å². The van der Waals surface area contributed by atoms with Crippen LogP contribution >= 0.6 is 11.3 Å². The summed E-state index contributed by atoms with van der Waals surface area (Å²) < 4.78 is 5.47. The maximum atomic E-state index is 12.6. The standard InChI is InChI=1S/C22H28N2O2S/c1-26-21-5-3-2-4-18(21)8-12-24-20-9-11-23(14-17-10-13-27-16-17)15-19(20)6-7-22(24)25/h2-5,10,13,16,19-20H,6-9,11-12,14-15H2,1H3/t19-,20+/m0/s1. The molecule has 2 aliphatic rings. The number of hydrogen-bond acceptors (Lipinski definition) is 4. The fraction of sp³-hybridized carbons (Fsp3) is 0.500. The molecular formula is C22H28N2O2S. The maximum absolute atomic E-state index is 12.6. The Morgan fingerprint density at radius 2 is 2.11 bits per heavy atom. The van der Waals surface area contributed by atoms with Crippen molar-refractivity contribution in [2.45, 2.75) is 38.3 Å². The summed E-state index contributed by atoms with van der Waals surface area (Å²) in [4.78, 5) is 17.4. The van der Waals surface area contributed by atoms with E-state index in [-0.39, 0.29) is 0 Å². The Bertz CT molecular complexity index is 761. The molecule has 5 heteroatoms. The molecule has 1 aromatic heterocycles. The van der Waals surface area contributed by atoms with Gasteiger partial charge in [-0.05, 0) is 59.2 Å². The van der Waals surface area contributed by atoms with Crippen LogP contribution in [-0.2, 0) is 17.8 Å². The quantitative estimate of drug-likeness (QED) is 0.759. The smallest absolute Gasteiger partial charge is 0.222 e. The van der Waals surface area contributed by atoms with Crippen LogP contribution in [0.1, 0.15) is 30.4 Å². The summed E-state index contributed by atoms with van der Waals surface area (Å²) in [5, 5.41) is 4.40. The van der Waals surface area contributed by atoms with E-state index in [0.29, 0.717) is 24.3 Å². The Labute approximate surface area is 165 Å². The minimum Gasteiger partial charge on any atom is -0.496 e. The van der Waals surface area contributed by atoms with Gasteiger partial charge in [0.1, 0.15) is 5.75 Å². The Balaban J connectivity index is 1.39. The highest BCUT2D eigenvalue weighted by Crippen LogP contribution is 2.32. The molecule has 0 aliphatic carbocycles. The molecule has 0 spiro atoms. The number of rotatable bonds is 6. The third-order valence-corrected chi connectivity index (χ3v) is 6.76. The predicted molar refractivity (Wildman–Crippen MR) is 109 cm³/mol. The van der Waals surface area contributed by atoms with Crippen LogP contribution in [0.2, 0.25) is 0 Å². The van der Waals surface area contributed by atoms with Crippen molar-refractivity contribution >= 4 is 17.2 Å². The lowest BCUT2D eigenvalue weighted by molar-refractivity contribution is -0.141. The lowest BCUT2D eigenvalue weighted by Crippen LogP contribution is -2.56. The Hall–Kier alpha value is -1.85. The molecule has 2 fully saturated rings. The number of ether oxygens (including phenoxy) is 1. The number of thiophene rings is 1. The lowest BCUT2D eigenvalue weighted by Gasteiger charge is -2.47. The van der Waals surface area contributed by atoms with Gasteiger partial charge in [0.2, 0.25) is 5.91 Å². The zero-order valence-corrected chi connectivity index (χ0v) is 16.8. The van der Waals surface area contributed by atoms with Crippen molar-refractivity contribution in [1.29, 1.82) is 0 Å². The number of amides is 1. The topological polar surface area (TPSA) is 32.8 Å². The van der Waals surface area contributed by atoms with Gasteiger partial charge in [0.15, 0.2) is 0 Å². The van der Waals surface area contributed by atoms with Crippen molar-refractivity contribution in [1.82, 2.24) is 9.80 Å². The van der Waals surface area contributed by atoms with Gasteiger partial charge in [-0.25, -0.2) is 0 Å². The number of para-hydroxylation sites is 1. The largest absolute Gasteiger partial charge is 0.496 e.